The molecule has 0 aromatic rings. The maximum absolute atomic E-state index is 9.60. The molecule has 1 saturated heterocycles. The molecule has 6 atom stereocenters. The van der Waals surface area contributed by atoms with Crippen molar-refractivity contribution >= 4 is 15.9 Å². The highest BCUT2D eigenvalue weighted by Crippen LogP contribution is 2.24. The molecule has 7 heteroatoms. The van der Waals surface area contributed by atoms with Crippen molar-refractivity contribution in [1.82, 2.24) is 0 Å². The van der Waals surface area contributed by atoms with Crippen molar-refractivity contribution in [3.63, 3.8) is 0 Å². The van der Waals surface area contributed by atoms with Gasteiger partial charge in [0.25, 0.3) is 0 Å². The summed E-state index contributed by atoms with van der Waals surface area (Å²) in [5, 5.41) is 37.2. The SMILES string of the molecule is CC[C@H](Br)O[C@@H]1O[C@H](CO)[C@H](O)[C@H](O)[C@H]1O. The van der Waals surface area contributed by atoms with Crippen LogP contribution in [0.25, 0.3) is 0 Å². The lowest BCUT2D eigenvalue weighted by Crippen LogP contribution is -2.59. The summed E-state index contributed by atoms with van der Waals surface area (Å²) in [5.41, 5.74) is 0. The highest BCUT2D eigenvalue weighted by atomic mass is 79.9. The average molecular weight is 301 g/mol. The first kappa shape index (κ1) is 14.3. The number of hydrogen-bond donors (Lipinski definition) is 4. The lowest BCUT2D eigenvalue weighted by atomic mass is 9.99. The van der Waals surface area contributed by atoms with E-state index >= 15 is 0 Å². The molecule has 96 valence electrons. The summed E-state index contributed by atoms with van der Waals surface area (Å²) in [4.78, 5) is 0. The van der Waals surface area contributed by atoms with E-state index in [1.807, 2.05) is 6.92 Å². The maximum atomic E-state index is 9.60. The van der Waals surface area contributed by atoms with Gasteiger partial charge in [-0.05, 0) is 6.42 Å². The molecule has 0 aliphatic carbocycles. The number of halogens is 1. The fourth-order valence-corrected chi connectivity index (χ4v) is 1.63. The second-order valence-corrected chi connectivity index (χ2v) is 4.67. The molecule has 0 radical (unpaired) electrons. The molecule has 0 saturated carbocycles. The summed E-state index contributed by atoms with van der Waals surface area (Å²) in [6.07, 6.45) is -5.44. The first-order valence-electron chi connectivity index (χ1n) is 5.11. The third-order valence-electron chi connectivity index (χ3n) is 2.45. The molecular weight excluding hydrogens is 284 g/mol. The maximum Gasteiger partial charge on any atom is 0.188 e. The molecule has 1 rings (SSSR count). The largest absolute Gasteiger partial charge is 0.394 e. The van der Waals surface area contributed by atoms with Gasteiger partial charge in [-0.3, -0.25) is 0 Å². The third kappa shape index (κ3) is 3.13. The predicted octanol–water partition coefficient (Wildman–Crippen LogP) is -1.07. The average Bonchev–Trinajstić information content (AvgIpc) is 2.29. The molecule has 6 nitrogen and oxygen atoms in total. The van der Waals surface area contributed by atoms with E-state index < -0.39 is 37.3 Å². The Bertz CT molecular complexity index is 214. The number of ether oxygens (including phenoxy) is 2. The zero-order chi connectivity index (χ0) is 12.3. The van der Waals surface area contributed by atoms with Crippen molar-refractivity contribution < 1.29 is 29.9 Å². The number of rotatable bonds is 4. The van der Waals surface area contributed by atoms with Crippen LogP contribution in [0.1, 0.15) is 13.3 Å². The van der Waals surface area contributed by atoms with Gasteiger partial charge in [-0.1, -0.05) is 22.9 Å². The van der Waals surface area contributed by atoms with E-state index in [9.17, 15) is 15.3 Å². The molecule has 1 fully saturated rings. The molecule has 0 aromatic heterocycles. The van der Waals surface area contributed by atoms with Crippen LogP contribution in [0.3, 0.4) is 0 Å². The molecule has 1 heterocycles. The molecule has 16 heavy (non-hydrogen) atoms. The van der Waals surface area contributed by atoms with Gasteiger partial charge >= 0.3 is 0 Å². The zero-order valence-corrected chi connectivity index (χ0v) is 10.4. The number of aliphatic hydroxyl groups excluding tert-OH is 4. The van der Waals surface area contributed by atoms with Crippen molar-refractivity contribution in [3.05, 3.63) is 0 Å². The minimum Gasteiger partial charge on any atom is -0.394 e. The summed E-state index contributed by atoms with van der Waals surface area (Å²) in [6.45, 7) is 1.41. The quantitative estimate of drug-likeness (QED) is 0.494. The first-order chi connectivity index (χ1) is 7.51. The molecule has 0 spiro atoms. The van der Waals surface area contributed by atoms with Crippen molar-refractivity contribution in [2.75, 3.05) is 6.61 Å². The molecule has 0 unspecified atom stereocenters. The smallest absolute Gasteiger partial charge is 0.188 e. The van der Waals surface area contributed by atoms with Crippen molar-refractivity contribution in [2.45, 2.75) is 49.1 Å². The van der Waals surface area contributed by atoms with Crippen LogP contribution in [0.5, 0.6) is 0 Å². The second-order valence-electron chi connectivity index (χ2n) is 3.65. The van der Waals surface area contributed by atoms with Gasteiger partial charge in [0, 0.05) is 0 Å². The molecule has 4 N–H and O–H groups in total. The minimum atomic E-state index is -1.40. The molecule has 1 aliphatic rings. The summed E-state index contributed by atoms with van der Waals surface area (Å²) in [6, 6.07) is 0. The van der Waals surface area contributed by atoms with Gasteiger partial charge in [0.15, 0.2) is 6.29 Å². The van der Waals surface area contributed by atoms with E-state index in [4.69, 9.17) is 14.6 Å². The summed E-state index contributed by atoms with van der Waals surface area (Å²) < 4.78 is 10.4. The third-order valence-corrected chi connectivity index (χ3v) is 3.31. The van der Waals surface area contributed by atoms with E-state index in [1.165, 1.54) is 0 Å². The fourth-order valence-electron chi connectivity index (χ4n) is 1.42. The molecule has 0 bridgehead atoms. The first-order valence-corrected chi connectivity index (χ1v) is 6.02. The van der Waals surface area contributed by atoms with Crippen LogP contribution in [0, 0.1) is 0 Å². The normalized spacial score (nSPS) is 42.0. The van der Waals surface area contributed by atoms with Gasteiger partial charge in [0.2, 0.25) is 0 Å². The Balaban J connectivity index is 2.63. The van der Waals surface area contributed by atoms with E-state index in [1.54, 1.807) is 0 Å². The summed E-state index contributed by atoms with van der Waals surface area (Å²) in [7, 11) is 0. The zero-order valence-electron chi connectivity index (χ0n) is 8.86. The van der Waals surface area contributed by atoms with E-state index in [0.717, 1.165) is 0 Å². The van der Waals surface area contributed by atoms with E-state index in [-0.39, 0.29) is 5.01 Å². The minimum absolute atomic E-state index is 0.325. The Morgan fingerprint density at radius 3 is 2.38 bits per heavy atom. The molecule has 1 aliphatic heterocycles. The van der Waals surface area contributed by atoms with Gasteiger partial charge in [0.1, 0.15) is 29.4 Å². The van der Waals surface area contributed by atoms with Crippen molar-refractivity contribution in [2.24, 2.45) is 0 Å². The highest BCUT2D eigenvalue weighted by molar-refractivity contribution is 9.09. The number of alkyl halides is 1. The standard InChI is InChI=1S/C9H17BrO6/c1-2-5(10)16-9-8(14)7(13)6(12)4(3-11)15-9/h4-9,11-14H,2-3H2,1H3/t4-,5-,6+,7+,8-,9+/m1/s1. The van der Waals surface area contributed by atoms with Gasteiger partial charge in [-0.15, -0.1) is 0 Å². The Kier molecular flexibility index (Phi) is 5.58. The van der Waals surface area contributed by atoms with Crippen LogP contribution in [-0.2, 0) is 9.47 Å². The van der Waals surface area contributed by atoms with Gasteiger partial charge in [-0.25, -0.2) is 0 Å². The highest BCUT2D eigenvalue weighted by Gasteiger charge is 2.44. The Morgan fingerprint density at radius 2 is 1.88 bits per heavy atom. The van der Waals surface area contributed by atoms with Crippen LogP contribution in [0.15, 0.2) is 0 Å². The predicted molar refractivity (Wildman–Crippen MR) is 57.9 cm³/mol. The lowest BCUT2D eigenvalue weighted by Gasteiger charge is -2.40. The van der Waals surface area contributed by atoms with Crippen molar-refractivity contribution in [3.8, 4) is 0 Å². The van der Waals surface area contributed by atoms with Gasteiger partial charge in [0.05, 0.1) is 6.61 Å². The Labute approximate surface area is 102 Å². The summed E-state index contributed by atoms with van der Waals surface area (Å²) >= 11 is 3.20. The van der Waals surface area contributed by atoms with Crippen LogP contribution in [-0.4, -0.2) is 62.8 Å². The number of hydrogen-bond acceptors (Lipinski definition) is 6. The van der Waals surface area contributed by atoms with E-state index in [0.29, 0.717) is 6.42 Å². The van der Waals surface area contributed by atoms with Crippen LogP contribution in [0.4, 0.5) is 0 Å². The molecule has 0 amide bonds. The monoisotopic (exact) mass is 300 g/mol. The van der Waals surface area contributed by atoms with Crippen LogP contribution >= 0.6 is 15.9 Å². The molecule has 0 aromatic carbocycles. The Morgan fingerprint density at radius 1 is 1.25 bits per heavy atom. The van der Waals surface area contributed by atoms with E-state index in [2.05, 4.69) is 15.9 Å². The lowest BCUT2D eigenvalue weighted by molar-refractivity contribution is -0.303. The van der Waals surface area contributed by atoms with Crippen molar-refractivity contribution in [1.29, 1.82) is 0 Å². The van der Waals surface area contributed by atoms with Crippen LogP contribution < -0.4 is 0 Å². The van der Waals surface area contributed by atoms with Gasteiger partial charge in [-0.2, -0.15) is 0 Å². The number of aliphatic hydroxyl groups is 4. The topological polar surface area (TPSA) is 99.4 Å². The van der Waals surface area contributed by atoms with Gasteiger partial charge < -0.3 is 29.9 Å². The summed E-state index contributed by atoms with van der Waals surface area (Å²) in [5.74, 6) is 0. The fraction of sp³-hybridized carbons (Fsp3) is 1.00. The molecular formula is C9H17BrO6. The van der Waals surface area contributed by atoms with Crippen LogP contribution in [0.2, 0.25) is 0 Å². The second kappa shape index (κ2) is 6.25. The Hall–Kier alpha value is 0.240.